The molecule has 1 saturated heterocycles. The van der Waals surface area contributed by atoms with Crippen LogP contribution >= 0.6 is 0 Å². The van der Waals surface area contributed by atoms with Crippen molar-refractivity contribution in [3.63, 3.8) is 0 Å². The second kappa shape index (κ2) is 7.49. The Morgan fingerprint density at radius 3 is 2.39 bits per heavy atom. The van der Waals surface area contributed by atoms with Gasteiger partial charge in [-0.3, -0.25) is 4.90 Å². The Morgan fingerprint density at radius 2 is 1.78 bits per heavy atom. The Morgan fingerprint density at radius 1 is 1.11 bits per heavy atom. The zero-order valence-electron chi connectivity index (χ0n) is 12.5. The normalized spacial score (nSPS) is 25.7. The van der Waals surface area contributed by atoms with Crippen molar-refractivity contribution in [1.29, 1.82) is 0 Å². The topological polar surface area (TPSA) is 15.3 Å². The number of nitrogens with zero attached hydrogens (tertiary/aromatic N) is 1. The molecule has 0 aromatic carbocycles. The van der Waals surface area contributed by atoms with Crippen molar-refractivity contribution < 1.29 is 0 Å². The Balaban J connectivity index is 1.62. The maximum absolute atomic E-state index is 3.77. The molecule has 1 aliphatic heterocycles. The zero-order valence-corrected chi connectivity index (χ0v) is 12.5. The number of hydrogen-bond acceptors (Lipinski definition) is 2. The van der Waals surface area contributed by atoms with Crippen molar-refractivity contribution in [2.75, 3.05) is 19.6 Å². The van der Waals surface area contributed by atoms with Crippen LogP contribution in [0.15, 0.2) is 0 Å². The summed E-state index contributed by atoms with van der Waals surface area (Å²) in [5.41, 5.74) is 0. The summed E-state index contributed by atoms with van der Waals surface area (Å²) in [6.07, 6.45) is 11.4. The van der Waals surface area contributed by atoms with Crippen LogP contribution in [0.25, 0.3) is 0 Å². The highest BCUT2D eigenvalue weighted by atomic mass is 15.2. The fourth-order valence-corrected chi connectivity index (χ4v) is 3.69. The molecule has 0 aromatic heterocycles. The molecular weight excluding hydrogens is 220 g/mol. The maximum Gasteiger partial charge on any atom is 0.0192 e. The largest absolute Gasteiger partial charge is 0.312 e. The number of nitrogens with one attached hydrogen (secondary N) is 1. The van der Waals surface area contributed by atoms with Crippen molar-refractivity contribution in [3.05, 3.63) is 0 Å². The minimum Gasteiger partial charge on any atom is -0.312 e. The van der Waals surface area contributed by atoms with Gasteiger partial charge in [0.2, 0.25) is 0 Å². The molecular formula is C16H32N2. The van der Waals surface area contributed by atoms with Crippen molar-refractivity contribution in [2.45, 2.75) is 77.3 Å². The third kappa shape index (κ3) is 4.24. The summed E-state index contributed by atoms with van der Waals surface area (Å²) in [5.74, 6) is 1.02. The van der Waals surface area contributed by atoms with Crippen LogP contribution in [0, 0.1) is 5.92 Å². The molecule has 2 heteroatoms. The van der Waals surface area contributed by atoms with Crippen LogP contribution < -0.4 is 5.32 Å². The molecule has 2 nitrogen and oxygen atoms in total. The third-order valence-electron chi connectivity index (χ3n) is 5.03. The number of rotatable bonds is 6. The van der Waals surface area contributed by atoms with Gasteiger partial charge in [0.25, 0.3) is 0 Å². The van der Waals surface area contributed by atoms with E-state index >= 15 is 0 Å². The second-order valence-corrected chi connectivity index (χ2v) is 6.51. The van der Waals surface area contributed by atoms with E-state index in [1.165, 1.54) is 71.0 Å². The fraction of sp³-hybridized carbons (Fsp3) is 1.00. The Kier molecular flexibility index (Phi) is 5.97. The van der Waals surface area contributed by atoms with E-state index in [0.717, 1.165) is 18.0 Å². The first-order valence-corrected chi connectivity index (χ1v) is 8.27. The third-order valence-corrected chi connectivity index (χ3v) is 5.03. The summed E-state index contributed by atoms with van der Waals surface area (Å²) in [7, 11) is 0. The van der Waals surface area contributed by atoms with E-state index in [2.05, 4.69) is 24.1 Å². The lowest BCUT2D eigenvalue weighted by atomic mass is 9.92. The van der Waals surface area contributed by atoms with Gasteiger partial charge in [-0.2, -0.15) is 0 Å². The summed E-state index contributed by atoms with van der Waals surface area (Å²) >= 11 is 0. The van der Waals surface area contributed by atoms with E-state index in [1.807, 2.05) is 0 Å². The highest BCUT2D eigenvalue weighted by Gasteiger charge is 2.23. The predicted octanol–water partition coefficient (Wildman–Crippen LogP) is 3.42. The fourth-order valence-electron chi connectivity index (χ4n) is 3.69. The van der Waals surface area contributed by atoms with Gasteiger partial charge in [-0.25, -0.2) is 0 Å². The predicted molar refractivity (Wildman–Crippen MR) is 78.9 cm³/mol. The SMILES string of the molecule is CCCC1CCN(C(C)CNC2CCCC2)CC1. The lowest BCUT2D eigenvalue weighted by molar-refractivity contribution is 0.133. The van der Waals surface area contributed by atoms with Crippen LogP contribution in [-0.2, 0) is 0 Å². The standard InChI is InChI=1S/C16H32N2/c1-3-6-15-9-11-18(12-10-15)14(2)13-17-16-7-4-5-8-16/h14-17H,3-13H2,1-2H3. The summed E-state index contributed by atoms with van der Waals surface area (Å²) in [6, 6.07) is 1.55. The first-order chi connectivity index (χ1) is 8.79. The summed E-state index contributed by atoms with van der Waals surface area (Å²) in [4.78, 5) is 2.70. The molecule has 18 heavy (non-hydrogen) atoms. The number of hydrogen-bond donors (Lipinski definition) is 1. The van der Waals surface area contributed by atoms with Gasteiger partial charge in [0, 0.05) is 18.6 Å². The van der Waals surface area contributed by atoms with E-state index in [0.29, 0.717) is 0 Å². The lowest BCUT2D eigenvalue weighted by Gasteiger charge is -2.36. The van der Waals surface area contributed by atoms with Gasteiger partial charge in [-0.15, -0.1) is 0 Å². The van der Waals surface area contributed by atoms with E-state index in [4.69, 9.17) is 0 Å². The van der Waals surface area contributed by atoms with Crippen LogP contribution in [0.2, 0.25) is 0 Å². The molecule has 1 saturated carbocycles. The van der Waals surface area contributed by atoms with E-state index in [-0.39, 0.29) is 0 Å². The highest BCUT2D eigenvalue weighted by molar-refractivity contribution is 4.80. The average Bonchev–Trinajstić information content (AvgIpc) is 2.90. The molecule has 0 amide bonds. The van der Waals surface area contributed by atoms with Crippen molar-refractivity contribution >= 4 is 0 Å². The van der Waals surface area contributed by atoms with E-state index < -0.39 is 0 Å². The Labute approximate surface area is 114 Å². The zero-order chi connectivity index (χ0) is 12.8. The van der Waals surface area contributed by atoms with Gasteiger partial charge < -0.3 is 5.32 Å². The molecule has 1 unspecified atom stereocenters. The smallest absolute Gasteiger partial charge is 0.0192 e. The molecule has 1 heterocycles. The second-order valence-electron chi connectivity index (χ2n) is 6.51. The van der Waals surface area contributed by atoms with Crippen molar-refractivity contribution in [2.24, 2.45) is 5.92 Å². The molecule has 2 rings (SSSR count). The van der Waals surface area contributed by atoms with Gasteiger partial charge in [0.05, 0.1) is 0 Å². The van der Waals surface area contributed by atoms with Gasteiger partial charge in [-0.05, 0) is 51.6 Å². The molecule has 0 aromatic rings. The molecule has 1 N–H and O–H groups in total. The Hall–Kier alpha value is -0.0800. The first-order valence-electron chi connectivity index (χ1n) is 8.27. The molecule has 1 atom stereocenters. The van der Waals surface area contributed by atoms with Crippen LogP contribution in [-0.4, -0.2) is 36.6 Å². The Bertz CT molecular complexity index is 215. The molecule has 106 valence electrons. The number of likely N-dealkylation sites (tertiary alicyclic amines) is 1. The van der Waals surface area contributed by atoms with E-state index in [1.54, 1.807) is 0 Å². The molecule has 0 bridgehead atoms. The minimum atomic E-state index is 0.730. The molecule has 0 spiro atoms. The summed E-state index contributed by atoms with van der Waals surface area (Å²) in [5, 5.41) is 3.77. The lowest BCUT2D eigenvalue weighted by Crippen LogP contribution is -2.46. The first kappa shape index (κ1) is 14.3. The highest BCUT2D eigenvalue weighted by Crippen LogP contribution is 2.23. The monoisotopic (exact) mass is 252 g/mol. The molecule has 1 aliphatic carbocycles. The molecule has 2 aliphatic rings. The minimum absolute atomic E-state index is 0.730. The summed E-state index contributed by atoms with van der Waals surface area (Å²) < 4.78 is 0. The van der Waals surface area contributed by atoms with Gasteiger partial charge in [0.15, 0.2) is 0 Å². The molecule has 2 fully saturated rings. The quantitative estimate of drug-likeness (QED) is 0.779. The van der Waals surface area contributed by atoms with Crippen LogP contribution in [0.5, 0.6) is 0 Å². The van der Waals surface area contributed by atoms with Crippen molar-refractivity contribution in [3.8, 4) is 0 Å². The number of piperidine rings is 1. The van der Waals surface area contributed by atoms with Gasteiger partial charge >= 0.3 is 0 Å². The van der Waals surface area contributed by atoms with Gasteiger partial charge in [-0.1, -0.05) is 32.6 Å². The van der Waals surface area contributed by atoms with Crippen LogP contribution in [0.4, 0.5) is 0 Å². The van der Waals surface area contributed by atoms with Crippen LogP contribution in [0.1, 0.15) is 65.2 Å². The average molecular weight is 252 g/mol. The van der Waals surface area contributed by atoms with Crippen molar-refractivity contribution in [1.82, 2.24) is 10.2 Å². The molecule has 0 radical (unpaired) electrons. The van der Waals surface area contributed by atoms with Gasteiger partial charge in [0.1, 0.15) is 0 Å². The maximum atomic E-state index is 3.77. The van der Waals surface area contributed by atoms with Crippen LogP contribution in [0.3, 0.4) is 0 Å². The van der Waals surface area contributed by atoms with E-state index in [9.17, 15) is 0 Å². The summed E-state index contributed by atoms with van der Waals surface area (Å²) in [6.45, 7) is 8.59.